The van der Waals surface area contributed by atoms with E-state index in [2.05, 4.69) is 12.8 Å². The number of anilines is 1. The SMILES string of the molecule is O=C(O)c1ccc(COc2ccc(/C=C3/CN(c4ccccc4)N(S)S3(=O)=O)cc2)cc1. The second-order valence-corrected chi connectivity index (χ2v) is 9.56. The number of hydrazine groups is 1. The number of thiol groups is 1. The molecule has 0 bridgehead atoms. The molecule has 164 valence electrons. The summed E-state index contributed by atoms with van der Waals surface area (Å²) in [4.78, 5) is 11.2. The van der Waals surface area contributed by atoms with Crippen LogP contribution in [0.3, 0.4) is 0 Å². The van der Waals surface area contributed by atoms with E-state index in [4.69, 9.17) is 9.84 Å². The lowest BCUT2D eigenvalue weighted by molar-refractivity contribution is 0.0697. The number of para-hydroxylation sites is 1. The number of aromatic carboxylic acids is 1. The molecule has 1 fully saturated rings. The fourth-order valence-corrected chi connectivity index (χ4v) is 4.86. The van der Waals surface area contributed by atoms with Crippen molar-refractivity contribution in [3.63, 3.8) is 0 Å². The lowest BCUT2D eigenvalue weighted by atomic mass is 10.1. The molecule has 1 N–H and O–H groups in total. The predicted octanol–water partition coefficient (Wildman–Crippen LogP) is 4.22. The molecule has 0 atom stereocenters. The lowest BCUT2D eigenvalue weighted by Crippen LogP contribution is -2.30. The molecule has 1 heterocycles. The Hall–Kier alpha value is -3.27. The van der Waals surface area contributed by atoms with Gasteiger partial charge in [-0.15, -0.1) is 0 Å². The third kappa shape index (κ3) is 4.64. The van der Waals surface area contributed by atoms with Crippen LogP contribution < -0.4 is 9.75 Å². The third-order valence-corrected chi connectivity index (χ3v) is 7.32. The summed E-state index contributed by atoms with van der Waals surface area (Å²) in [6, 6.07) is 22.7. The van der Waals surface area contributed by atoms with Crippen molar-refractivity contribution in [2.45, 2.75) is 6.61 Å². The molecule has 0 spiro atoms. The maximum absolute atomic E-state index is 12.8. The Morgan fingerprint density at radius 2 is 1.66 bits per heavy atom. The van der Waals surface area contributed by atoms with Gasteiger partial charge in [0.05, 0.1) is 22.7 Å². The molecule has 4 rings (SSSR count). The van der Waals surface area contributed by atoms with Crippen molar-refractivity contribution in [3.8, 4) is 5.75 Å². The third-order valence-electron chi connectivity index (χ3n) is 4.93. The van der Waals surface area contributed by atoms with E-state index in [0.717, 1.165) is 20.6 Å². The van der Waals surface area contributed by atoms with Crippen LogP contribution in [0.15, 0.2) is 83.8 Å². The molecule has 0 aromatic heterocycles. The number of hydrogen-bond donors (Lipinski definition) is 2. The molecular formula is C23H20N2O5S2. The first-order chi connectivity index (χ1) is 15.3. The van der Waals surface area contributed by atoms with Gasteiger partial charge >= 0.3 is 5.97 Å². The van der Waals surface area contributed by atoms with Crippen molar-refractivity contribution in [2.24, 2.45) is 0 Å². The maximum atomic E-state index is 12.8. The average molecular weight is 469 g/mol. The van der Waals surface area contributed by atoms with Gasteiger partial charge in [0.15, 0.2) is 0 Å². The number of carboxylic acids is 1. The van der Waals surface area contributed by atoms with Gasteiger partial charge in [0.1, 0.15) is 12.4 Å². The van der Waals surface area contributed by atoms with Crippen molar-refractivity contribution in [1.29, 1.82) is 0 Å². The van der Waals surface area contributed by atoms with Gasteiger partial charge in [0.2, 0.25) is 0 Å². The highest BCUT2D eigenvalue weighted by Gasteiger charge is 2.38. The van der Waals surface area contributed by atoms with E-state index in [0.29, 0.717) is 5.75 Å². The number of hydrogen-bond acceptors (Lipinski definition) is 6. The fourth-order valence-electron chi connectivity index (χ4n) is 3.19. The summed E-state index contributed by atoms with van der Waals surface area (Å²) in [5, 5.41) is 10.5. The number of carboxylic acid groups (broad SMARTS) is 1. The van der Waals surface area contributed by atoms with E-state index in [-0.39, 0.29) is 23.6 Å². The van der Waals surface area contributed by atoms with E-state index in [9.17, 15) is 13.2 Å². The van der Waals surface area contributed by atoms with Crippen LogP contribution in [0, 0.1) is 0 Å². The summed E-state index contributed by atoms with van der Waals surface area (Å²) < 4.78 is 32.2. The quantitative estimate of drug-likeness (QED) is 0.527. The lowest BCUT2D eigenvalue weighted by Gasteiger charge is -2.21. The number of sulfonamides is 1. The molecule has 3 aromatic rings. The Kier molecular flexibility index (Phi) is 6.22. The second-order valence-electron chi connectivity index (χ2n) is 7.09. The van der Waals surface area contributed by atoms with E-state index in [1.165, 1.54) is 12.1 Å². The monoisotopic (exact) mass is 468 g/mol. The first kappa shape index (κ1) is 21.9. The smallest absolute Gasteiger partial charge is 0.335 e. The van der Waals surface area contributed by atoms with Crippen LogP contribution in [0.1, 0.15) is 21.5 Å². The number of rotatable bonds is 6. The van der Waals surface area contributed by atoms with Crippen molar-refractivity contribution >= 4 is 40.6 Å². The first-order valence-electron chi connectivity index (χ1n) is 9.67. The van der Waals surface area contributed by atoms with Crippen LogP contribution in [0.2, 0.25) is 0 Å². The standard InChI is InChI=1S/C23H20N2O5S2/c26-23(27)19-10-6-18(7-11-19)16-30-21-12-8-17(9-13-21)14-22-15-24(25(31)32(22,28)29)20-4-2-1-3-5-20/h1-14,31H,15-16H2,(H,26,27)/b22-14-. The Morgan fingerprint density at radius 1 is 1.00 bits per heavy atom. The Labute approximate surface area is 191 Å². The van der Waals surface area contributed by atoms with Crippen LogP contribution >= 0.6 is 12.8 Å². The molecular weight excluding hydrogens is 448 g/mol. The zero-order valence-corrected chi connectivity index (χ0v) is 18.5. The van der Waals surface area contributed by atoms with E-state index in [1.807, 2.05) is 30.3 Å². The number of ether oxygens (including phenoxy) is 1. The van der Waals surface area contributed by atoms with Gasteiger partial charge < -0.3 is 9.84 Å². The summed E-state index contributed by atoms with van der Waals surface area (Å²) in [6.45, 7) is 0.468. The molecule has 32 heavy (non-hydrogen) atoms. The Balaban J connectivity index is 1.45. The van der Waals surface area contributed by atoms with Crippen LogP contribution in [0.5, 0.6) is 5.75 Å². The van der Waals surface area contributed by atoms with Crippen molar-refractivity contribution < 1.29 is 23.1 Å². The second kappa shape index (κ2) is 9.07. The van der Waals surface area contributed by atoms with E-state index >= 15 is 0 Å². The van der Waals surface area contributed by atoms with Gasteiger partial charge in [-0.25, -0.2) is 13.2 Å². The van der Waals surface area contributed by atoms with Crippen molar-refractivity contribution in [1.82, 2.24) is 3.82 Å². The molecule has 3 aromatic carbocycles. The van der Waals surface area contributed by atoms with E-state index < -0.39 is 16.0 Å². The number of benzene rings is 3. The summed E-state index contributed by atoms with van der Waals surface area (Å²) >= 11 is 4.18. The highest BCUT2D eigenvalue weighted by atomic mass is 32.3. The number of carbonyl (C=O) groups is 1. The fraction of sp³-hybridized carbons (Fsp3) is 0.0870. The molecule has 1 aliphatic rings. The van der Waals surface area contributed by atoms with Crippen LogP contribution in [-0.2, 0) is 16.6 Å². The van der Waals surface area contributed by atoms with Gasteiger partial charge in [-0.3, -0.25) is 5.01 Å². The minimum Gasteiger partial charge on any atom is -0.489 e. The van der Waals surface area contributed by atoms with Gasteiger partial charge in [0.25, 0.3) is 10.0 Å². The van der Waals surface area contributed by atoms with Crippen LogP contribution in [0.4, 0.5) is 5.69 Å². The largest absolute Gasteiger partial charge is 0.489 e. The van der Waals surface area contributed by atoms with Gasteiger partial charge in [0, 0.05) is 0 Å². The molecule has 0 amide bonds. The molecule has 0 saturated carbocycles. The van der Waals surface area contributed by atoms with Gasteiger partial charge in [-0.05, 0) is 53.6 Å². The van der Waals surface area contributed by atoms with Crippen LogP contribution in [-0.4, -0.2) is 29.9 Å². The maximum Gasteiger partial charge on any atom is 0.335 e. The Bertz CT molecular complexity index is 1240. The van der Waals surface area contributed by atoms with Crippen molar-refractivity contribution in [2.75, 3.05) is 11.6 Å². The minimum atomic E-state index is -3.72. The number of nitrogens with zero attached hydrogens (tertiary/aromatic N) is 2. The minimum absolute atomic E-state index is 0.181. The molecule has 1 aliphatic heterocycles. The van der Waals surface area contributed by atoms with Crippen LogP contribution in [0.25, 0.3) is 6.08 Å². The topological polar surface area (TPSA) is 87.2 Å². The van der Waals surface area contributed by atoms with Gasteiger partial charge in [-0.2, -0.15) is 0 Å². The summed E-state index contributed by atoms with van der Waals surface area (Å²) in [7, 11) is -3.72. The highest BCUT2D eigenvalue weighted by Crippen LogP contribution is 2.33. The van der Waals surface area contributed by atoms with Crippen molar-refractivity contribution in [3.05, 3.63) is 100 Å². The molecule has 0 unspecified atom stereocenters. The predicted molar refractivity (Wildman–Crippen MR) is 126 cm³/mol. The molecule has 9 heteroatoms. The molecule has 0 aliphatic carbocycles. The molecule has 7 nitrogen and oxygen atoms in total. The zero-order chi connectivity index (χ0) is 22.7. The Morgan fingerprint density at radius 3 is 2.28 bits per heavy atom. The summed E-state index contributed by atoms with van der Waals surface area (Å²) in [6.07, 6.45) is 1.62. The normalized spacial score (nSPS) is 16.9. The molecule has 1 saturated heterocycles. The zero-order valence-electron chi connectivity index (χ0n) is 16.8. The average Bonchev–Trinajstić information content (AvgIpc) is 3.03. The van der Waals surface area contributed by atoms with Gasteiger partial charge in [-0.1, -0.05) is 59.1 Å². The summed E-state index contributed by atoms with van der Waals surface area (Å²) in [5.74, 6) is -0.357. The molecule has 0 radical (unpaired) electrons. The first-order valence-corrected chi connectivity index (χ1v) is 11.5. The highest BCUT2D eigenvalue weighted by molar-refractivity contribution is 8.02. The van der Waals surface area contributed by atoms with E-state index in [1.54, 1.807) is 47.5 Å². The summed E-state index contributed by atoms with van der Waals surface area (Å²) in [5.41, 5.74) is 2.51.